The maximum absolute atomic E-state index is 2.12. The van der Waals surface area contributed by atoms with Crippen LogP contribution in [0.15, 0.2) is 36.4 Å². The molecule has 118 valence electrons. The van der Waals surface area contributed by atoms with Gasteiger partial charge in [-0.15, -0.1) is 0 Å². The molecule has 0 amide bonds. The molecule has 1 aromatic carbocycles. The Morgan fingerprint density at radius 2 is 0.500 bits per heavy atom. The fraction of sp³-hybridized carbons (Fsp3) is 0.667. The Morgan fingerprint density at radius 3 is 0.556 bits per heavy atom. The topological polar surface area (TPSA) is 0 Å². The average molecular weight is 263 g/mol. The summed E-state index contributed by atoms with van der Waals surface area (Å²) in [6.45, 7) is 12.2. The van der Waals surface area contributed by atoms with Crippen LogP contribution in [0.2, 0.25) is 0 Å². The summed E-state index contributed by atoms with van der Waals surface area (Å²) < 4.78 is 0. The van der Waals surface area contributed by atoms with E-state index < -0.39 is 0 Å². The minimum Gasteiger partial charge on any atom is -0.0776 e. The molecule has 1 aromatic rings. The first-order valence-electron chi connectivity index (χ1n) is 5.41. The third kappa shape index (κ3) is 113. The van der Waals surface area contributed by atoms with Crippen molar-refractivity contribution in [2.45, 2.75) is 85.1 Å². The molecule has 0 radical (unpaired) electrons. The highest BCUT2D eigenvalue weighted by Crippen LogP contribution is 1.79. The molecule has 0 saturated carbocycles. The van der Waals surface area contributed by atoms with E-state index >= 15 is 0 Å². The second-order valence-corrected chi connectivity index (χ2v) is 1.86. The van der Waals surface area contributed by atoms with Crippen LogP contribution in [0.3, 0.4) is 0 Å². The fourth-order valence-electron chi connectivity index (χ4n) is 0.385. The van der Waals surface area contributed by atoms with Gasteiger partial charge < -0.3 is 0 Å². The van der Waals surface area contributed by atoms with Crippen molar-refractivity contribution in [1.82, 2.24) is 0 Å². The predicted octanol–water partition coefficient (Wildman–Crippen LogP) is 8.34. The van der Waals surface area contributed by atoms with Crippen molar-refractivity contribution >= 4 is 0 Å². The van der Waals surface area contributed by atoms with Gasteiger partial charge in [0.25, 0.3) is 0 Å². The van der Waals surface area contributed by atoms with E-state index in [0.29, 0.717) is 0 Å². The van der Waals surface area contributed by atoms with Crippen molar-refractivity contribution in [3.8, 4) is 0 Å². The molecule has 0 unspecified atom stereocenters. The van der Waals surface area contributed by atoms with Crippen LogP contribution in [-0.4, -0.2) is 0 Å². The maximum atomic E-state index is 2.12. The number of hydrogen-bond acceptors (Lipinski definition) is 0. The van der Waals surface area contributed by atoms with E-state index in [0.717, 1.165) is 0 Å². The molecule has 0 aliphatic rings. The van der Waals surface area contributed by atoms with E-state index in [9.17, 15) is 0 Å². The zero-order valence-electron chi connectivity index (χ0n) is 10.2. The van der Waals surface area contributed by atoms with Gasteiger partial charge in [0.2, 0.25) is 0 Å². The fourth-order valence-corrected chi connectivity index (χ4v) is 0.385. The van der Waals surface area contributed by atoms with Crippen molar-refractivity contribution in [1.29, 1.82) is 0 Å². The molecule has 0 aliphatic heterocycles. The van der Waals surface area contributed by atoms with Crippen LogP contribution in [0.4, 0.5) is 0 Å². The van der Waals surface area contributed by atoms with Crippen LogP contribution >= 0.6 is 0 Å². The van der Waals surface area contributed by atoms with Crippen LogP contribution in [0.5, 0.6) is 0 Å². The highest BCUT2D eigenvalue weighted by atomic mass is 13.6. The summed E-state index contributed by atoms with van der Waals surface area (Å²) in [5.74, 6) is 0. The Bertz CT molecular complexity index is 82.9. The summed E-state index contributed by atoms with van der Waals surface area (Å²) in [4.78, 5) is 0. The Balaban J connectivity index is -0.0000000126. The highest BCUT2D eigenvalue weighted by Gasteiger charge is 1.57. The van der Waals surface area contributed by atoms with Gasteiger partial charge in [0, 0.05) is 0 Å². The first kappa shape index (κ1) is 53.3. The van der Waals surface area contributed by atoms with E-state index in [4.69, 9.17) is 0 Å². The maximum Gasteiger partial charge on any atom is -0.0590 e. The Labute approximate surface area is 122 Å². The van der Waals surface area contributed by atoms with Gasteiger partial charge in [-0.25, -0.2) is 0 Å². The Morgan fingerprint density at radius 1 is 0.444 bits per heavy atom. The lowest BCUT2D eigenvalue weighted by atomic mass is 10.4. The largest absolute Gasteiger partial charge is 0.0776 e. The van der Waals surface area contributed by atoms with E-state index in [2.05, 4.69) is 13.8 Å². The third-order valence-electron chi connectivity index (χ3n) is 0.667. The van der Waals surface area contributed by atoms with Gasteiger partial charge in [-0.1, -0.05) is 121 Å². The lowest BCUT2D eigenvalue weighted by Crippen LogP contribution is -1.47. The van der Waals surface area contributed by atoms with Crippen LogP contribution in [-0.2, 0) is 0 Å². The van der Waals surface area contributed by atoms with Crippen molar-refractivity contribution in [2.75, 3.05) is 0 Å². The lowest BCUT2D eigenvalue weighted by molar-refractivity contribution is 1.09. The van der Waals surface area contributed by atoms with E-state index in [1.165, 1.54) is 6.42 Å². The molecule has 0 saturated heterocycles. The van der Waals surface area contributed by atoms with Crippen molar-refractivity contribution < 1.29 is 0 Å². The van der Waals surface area contributed by atoms with Gasteiger partial charge in [0.1, 0.15) is 0 Å². The van der Waals surface area contributed by atoms with Crippen molar-refractivity contribution in [2.24, 2.45) is 0 Å². The molecule has 0 heteroatoms. The van der Waals surface area contributed by atoms with Crippen molar-refractivity contribution in [3.63, 3.8) is 0 Å². The van der Waals surface area contributed by atoms with Gasteiger partial charge >= 0.3 is 0 Å². The molecule has 0 bridgehead atoms. The summed E-state index contributed by atoms with van der Waals surface area (Å²) in [6, 6.07) is 12.0. The predicted molar refractivity (Wildman–Crippen MR) is 98.8 cm³/mol. The molecule has 0 N–H and O–H groups in total. The first-order chi connectivity index (χ1) is 6.41. The molecule has 0 heterocycles. The molecule has 18 heavy (non-hydrogen) atoms. The standard InChI is InChI=1S/C6H6.C3H8.2C2H6.5CH4/c1-2-4-6-5-3-1;1-3-2;2*1-2;;;;;/h1-6H;3H2,1-2H3;2*1-2H3;5*1H4. The number of rotatable bonds is 0. The summed E-state index contributed by atoms with van der Waals surface area (Å²) in [7, 11) is 0. The first-order valence-corrected chi connectivity index (χ1v) is 5.41. The Hall–Kier alpha value is -0.780. The molecule has 0 spiro atoms. The zero-order valence-corrected chi connectivity index (χ0v) is 10.2. The quantitative estimate of drug-likeness (QED) is 0.441. The second-order valence-electron chi connectivity index (χ2n) is 1.86. The average Bonchev–Trinajstić information content (AvgIpc) is 2.27. The van der Waals surface area contributed by atoms with E-state index in [1.54, 1.807) is 0 Å². The molecular weight excluding hydrogens is 216 g/mol. The molecule has 0 nitrogen and oxygen atoms in total. The smallest absolute Gasteiger partial charge is 0.0590 e. The summed E-state index contributed by atoms with van der Waals surface area (Å²) in [5.41, 5.74) is 0. The number of benzene rings is 1. The third-order valence-corrected chi connectivity index (χ3v) is 0.667. The van der Waals surface area contributed by atoms with E-state index in [-0.39, 0.29) is 37.1 Å². The van der Waals surface area contributed by atoms with Gasteiger partial charge in [-0.2, -0.15) is 0 Å². The Kier molecular flexibility index (Phi) is 288. The second kappa shape index (κ2) is 97.1. The molecule has 0 aromatic heterocycles. The minimum absolute atomic E-state index is 0. The van der Waals surface area contributed by atoms with Gasteiger partial charge in [0.05, 0.1) is 0 Å². The van der Waals surface area contributed by atoms with Gasteiger partial charge in [-0.05, 0) is 0 Å². The monoisotopic (exact) mass is 262 g/mol. The summed E-state index contributed by atoms with van der Waals surface area (Å²) >= 11 is 0. The van der Waals surface area contributed by atoms with Crippen molar-refractivity contribution in [3.05, 3.63) is 36.4 Å². The molecule has 0 aliphatic carbocycles. The zero-order chi connectivity index (χ0) is 10.9. The summed E-state index contributed by atoms with van der Waals surface area (Å²) in [6.07, 6.45) is 1.25. The van der Waals surface area contributed by atoms with Gasteiger partial charge in [0.15, 0.2) is 0 Å². The molecule has 1 rings (SSSR count). The molecular formula is C18H46. The molecule has 0 fully saturated rings. The summed E-state index contributed by atoms with van der Waals surface area (Å²) in [5, 5.41) is 0. The van der Waals surface area contributed by atoms with Crippen LogP contribution in [0, 0.1) is 0 Å². The van der Waals surface area contributed by atoms with Crippen LogP contribution < -0.4 is 0 Å². The van der Waals surface area contributed by atoms with Crippen LogP contribution in [0.1, 0.15) is 85.1 Å². The molecule has 0 atom stereocenters. The SMILES string of the molecule is C.C.C.C.C.CC.CC.CCC.c1ccccc1. The lowest BCUT2D eigenvalue weighted by Gasteiger charge is -1.69. The van der Waals surface area contributed by atoms with Crippen LogP contribution in [0.25, 0.3) is 0 Å². The van der Waals surface area contributed by atoms with E-state index in [1.807, 2.05) is 64.1 Å². The highest BCUT2D eigenvalue weighted by molar-refractivity contribution is 4.99. The number of hydrogen-bond donors (Lipinski definition) is 0. The normalized spacial score (nSPS) is 4.33. The minimum atomic E-state index is 0. The van der Waals surface area contributed by atoms with Gasteiger partial charge in [-0.3, -0.25) is 0 Å².